The minimum Gasteiger partial charge on any atom is -0.493 e. The summed E-state index contributed by atoms with van der Waals surface area (Å²) < 4.78 is 54.4. The van der Waals surface area contributed by atoms with Gasteiger partial charge >= 0.3 is 5.97 Å². The van der Waals surface area contributed by atoms with Gasteiger partial charge in [-0.2, -0.15) is 10.5 Å². The van der Waals surface area contributed by atoms with Gasteiger partial charge in [-0.15, -0.1) is 0 Å². The van der Waals surface area contributed by atoms with Crippen molar-refractivity contribution in [2.45, 2.75) is 38.5 Å². The summed E-state index contributed by atoms with van der Waals surface area (Å²) in [6, 6.07) is 23.1. The molecule has 422 valence electrons. The zero-order valence-corrected chi connectivity index (χ0v) is 47.5. The molecule has 0 radical (unpaired) electrons. The fraction of sp³-hybridized carbons (Fsp3) is 0.317. The first kappa shape index (κ1) is 58.7. The number of rotatable bonds is 16. The molecule has 5 aromatic heterocycles. The van der Waals surface area contributed by atoms with Gasteiger partial charge in [-0.25, -0.2) is 14.2 Å². The lowest BCUT2D eigenvalue weighted by Gasteiger charge is -2.28. The molecule has 22 heteroatoms. The molecule has 3 aliphatic rings. The van der Waals surface area contributed by atoms with Crippen molar-refractivity contribution in [2.75, 3.05) is 65.7 Å². The second kappa shape index (κ2) is 27.2. The van der Waals surface area contributed by atoms with Crippen molar-refractivity contribution in [3.8, 4) is 68.4 Å². The molecule has 19 nitrogen and oxygen atoms in total. The van der Waals surface area contributed by atoms with Gasteiger partial charge in [0.1, 0.15) is 29.9 Å². The topological polar surface area (TPSA) is 266 Å². The molecule has 0 bridgehead atoms. The number of carbonyl (C=O) groups excluding carboxylic acids is 1. The number of nitriles is 2. The zero-order valence-electron chi connectivity index (χ0n) is 44.3. The van der Waals surface area contributed by atoms with Crippen LogP contribution in [0.15, 0.2) is 129 Å². The number of aromatic carboxylic acids is 1. The Morgan fingerprint density at radius 3 is 1.87 bits per heavy atom. The summed E-state index contributed by atoms with van der Waals surface area (Å²) in [4.78, 5) is 64.7. The number of anilines is 1. The van der Waals surface area contributed by atoms with E-state index >= 15 is 4.39 Å². The van der Waals surface area contributed by atoms with Crippen molar-refractivity contribution < 1.29 is 47.5 Å². The van der Waals surface area contributed by atoms with E-state index in [9.17, 15) is 34.8 Å². The SMILES string of the molecule is COc1cc(-c2cnc(N)c(-c3ccc(CC(=O)c4cn(CC5CCOCC5C#N)cc(-c5ccc(Br)cn5)c4=O)cc3F)c2)ccc1OC[C@H]1COCCO1.N#CC1COCCC1Cn1cc(C(=O)O)c(=O)c(-c2ccc(Br)cn2)c1. The van der Waals surface area contributed by atoms with Crippen LogP contribution in [0.1, 0.15) is 39.1 Å². The van der Waals surface area contributed by atoms with E-state index in [1.54, 1.807) is 102 Å². The number of benzene rings is 2. The third kappa shape index (κ3) is 14.2. The van der Waals surface area contributed by atoms with Gasteiger partial charge in [0, 0.05) is 102 Å². The highest BCUT2D eigenvalue weighted by Gasteiger charge is 2.29. The van der Waals surface area contributed by atoms with E-state index in [1.807, 2.05) is 6.07 Å². The summed E-state index contributed by atoms with van der Waals surface area (Å²) in [6.45, 7) is 4.46. The number of carboxylic acid groups (broad SMARTS) is 1. The van der Waals surface area contributed by atoms with Crippen LogP contribution in [0.25, 0.3) is 44.8 Å². The predicted octanol–water partition coefficient (Wildman–Crippen LogP) is 9.07. The minimum atomic E-state index is -1.29. The molecule has 5 atom stereocenters. The van der Waals surface area contributed by atoms with E-state index in [2.05, 4.69) is 59.0 Å². The highest BCUT2D eigenvalue weighted by Crippen LogP contribution is 2.37. The van der Waals surface area contributed by atoms with Gasteiger partial charge in [0.15, 0.2) is 17.3 Å². The van der Waals surface area contributed by atoms with Crippen molar-refractivity contribution in [1.29, 1.82) is 10.5 Å². The Labute approximate surface area is 487 Å². The van der Waals surface area contributed by atoms with Crippen molar-refractivity contribution >= 4 is 49.4 Å². The third-order valence-electron chi connectivity index (χ3n) is 14.3. The summed E-state index contributed by atoms with van der Waals surface area (Å²) in [5, 5.41) is 28.4. The Kier molecular flexibility index (Phi) is 19.5. The number of pyridine rings is 5. The van der Waals surface area contributed by atoms with Crippen LogP contribution in [0.2, 0.25) is 0 Å². The number of ketones is 1. The molecule has 10 rings (SSSR count). The van der Waals surface area contributed by atoms with Gasteiger partial charge < -0.3 is 48.4 Å². The Bertz CT molecular complexity index is 3680. The van der Waals surface area contributed by atoms with Crippen LogP contribution >= 0.6 is 31.9 Å². The number of carboxylic acids is 1. The molecular formula is C60H55Br2FN8O11. The lowest BCUT2D eigenvalue weighted by Crippen LogP contribution is -2.33. The summed E-state index contributed by atoms with van der Waals surface area (Å²) in [6.07, 6.45) is 11.8. The van der Waals surface area contributed by atoms with Gasteiger partial charge in [-0.05, 0) is 116 Å². The van der Waals surface area contributed by atoms with Crippen LogP contribution in [-0.2, 0) is 38.5 Å². The molecule has 2 aromatic carbocycles. The van der Waals surface area contributed by atoms with Gasteiger partial charge in [0.25, 0.3) is 0 Å². The number of Topliss-reactive ketones (excluding diaryl/α,β-unsaturated/α-hetero) is 1. The van der Waals surface area contributed by atoms with Gasteiger partial charge in [-0.3, -0.25) is 24.4 Å². The molecular weight excluding hydrogens is 1190 g/mol. The Hall–Kier alpha value is -7.96. The molecule has 0 aliphatic carbocycles. The number of ether oxygens (including phenoxy) is 6. The summed E-state index contributed by atoms with van der Waals surface area (Å²) in [5.41, 5.74) is 8.46. The number of nitrogens with two attached hydrogens (primary N) is 1. The van der Waals surface area contributed by atoms with Crippen molar-refractivity contribution in [1.82, 2.24) is 24.1 Å². The second-order valence-electron chi connectivity index (χ2n) is 19.8. The second-order valence-corrected chi connectivity index (χ2v) is 21.6. The van der Waals surface area contributed by atoms with Crippen LogP contribution in [0.4, 0.5) is 10.2 Å². The standard InChI is InChI=1S/C42H39BrFN5O7.C18H16BrN3O4/c1-52-40-15-26(3-7-39(40)56-24-31-23-54-10-11-55-31)28-14-33(42(46)48-17-28)32-5-2-25(12-36(32)44)13-38(50)35-21-49(19-27-8-9-53-22-29(27)16-45)20-34(41(35)51)37-6-4-30(43)18-47-37;19-13-1-2-16(21-6-13)14-8-22(9-15(17(14)23)18(24)25)7-11-3-4-26-10-12(11)5-20/h2-7,12,14-15,17-18,20-21,27,29,31H,8-11,13,19,22-24H2,1H3,(H2,46,48);1-2,6,8-9,11-12H,3-4,7,10H2,(H,24,25)/t27?,29?,31-;/m1./s1. The van der Waals surface area contributed by atoms with Gasteiger partial charge in [0.05, 0.1) is 92.2 Å². The molecule has 0 amide bonds. The number of aromatic nitrogens is 5. The minimum absolute atomic E-state index is 0.0311. The highest BCUT2D eigenvalue weighted by atomic mass is 79.9. The molecule has 4 unspecified atom stereocenters. The van der Waals surface area contributed by atoms with Gasteiger partial charge in [-0.1, -0.05) is 18.2 Å². The number of hydrogen-bond donors (Lipinski definition) is 2. The number of carbonyl (C=O) groups is 2. The quantitative estimate of drug-likeness (QED) is 0.0854. The summed E-state index contributed by atoms with van der Waals surface area (Å²) in [5.74, 6) is -1.81. The Morgan fingerprint density at radius 1 is 0.707 bits per heavy atom. The molecule has 7 aromatic rings. The molecule has 3 N–H and O–H groups in total. The predicted molar refractivity (Wildman–Crippen MR) is 306 cm³/mol. The average molecular weight is 1240 g/mol. The molecule has 82 heavy (non-hydrogen) atoms. The van der Waals surface area contributed by atoms with Gasteiger partial charge in [0.2, 0.25) is 10.9 Å². The Balaban J connectivity index is 0.000000260. The van der Waals surface area contributed by atoms with E-state index in [4.69, 9.17) is 34.2 Å². The maximum atomic E-state index is 15.9. The monoisotopic (exact) mass is 1240 g/mol. The van der Waals surface area contributed by atoms with Crippen molar-refractivity contribution in [3.05, 3.63) is 162 Å². The summed E-state index contributed by atoms with van der Waals surface area (Å²) in [7, 11) is 1.55. The molecule has 3 aliphatic heterocycles. The molecule has 3 fully saturated rings. The largest absolute Gasteiger partial charge is 0.493 e. The smallest absolute Gasteiger partial charge is 0.341 e. The first-order valence-electron chi connectivity index (χ1n) is 26.2. The zero-order chi connectivity index (χ0) is 57.9. The first-order valence-corrected chi connectivity index (χ1v) is 27.8. The maximum absolute atomic E-state index is 15.9. The number of nitrogen functional groups attached to an aromatic ring is 1. The number of hydrogen-bond acceptors (Lipinski definition) is 16. The van der Waals surface area contributed by atoms with E-state index < -0.39 is 28.4 Å². The number of methoxy groups -OCH3 is 1. The van der Waals surface area contributed by atoms with Crippen LogP contribution < -0.4 is 26.1 Å². The fourth-order valence-corrected chi connectivity index (χ4v) is 10.4. The van der Waals surface area contributed by atoms with Crippen LogP contribution in [0.5, 0.6) is 11.5 Å². The first-order chi connectivity index (χ1) is 39.7. The fourth-order valence-electron chi connectivity index (χ4n) is 9.89. The lowest BCUT2D eigenvalue weighted by atomic mass is 9.89. The Morgan fingerprint density at radius 2 is 1.32 bits per heavy atom. The number of halogens is 3. The lowest BCUT2D eigenvalue weighted by molar-refractivity contribution is -0.101. The van der Waals surface area contributed by atoms with Crippen molar-refractivity contribution in [3.63, 3.8) is 0 Å². The molecule has 0 saturated carbocycles. The van der Waals surface area contributed by atoms with E-state index in [0.29, 0.717) is 118 Å². The van der Waals surface area contributed by atoms with E-state index in [0.717, 1.165) is 14.5 Å². The van der Waals surface area contributed by atoms with E-state index in [-0.39, 0.29) is 69.8 Å². The van der Waals surface area contributed by atoms with E-state index in [1.165, 1.54) is 18.5 Å². The average Bonchev–Trinajstić information content (AvgIpc) is 3.68. The highest BCUT2D eigenvalue weighted by molar-refractivity contribution is 9.10. The normalized spacial score (nSPS) is 18.7. The number of nitrogens with zero attached hydrogens (tertiary/aromatic N) is 7. The third-order valence-corrected chi connectivity index (χ3v) is 15.3. The molecule has 8 heterocycles. The van der Waals surface area contributed by atoms with Crippen LogP contribution in [0, 0.1) is 52.2 Å². The summed E-state index contributed by atoms with van der Waals surface area (Å²) >= 11 is 6.66. The maximum Gasteiger partial charge on any atom is 0.341 e. The molecule has 0 spiro atoms. The van der Waals surface area contributed by atoms with Crippen molar-refractivity contribution in [2.24, 2.45) is 23.7 Å². The van der Waals surface area contributed by atoms with Crippen LogP contribution in [0.3, 0.4) is 0 Å². The van der Waals surface area contributed by atoms with Crippen LogP contribution in [-0.4, -0.2) is 107 Å². The molecule has 3 saturated heterocycles.